The van der Waals surface area contributed by atoms with Gasteiger partial charge in [-0.25, -0.2) is 0 Å². The molecular weight excluding hydrogens is 498 g/mol. The van der Waals surface area contributed by atoms with Crippen molar-refractivity contribution in [1.29, 1.82) is 0 Å². The van der Waals surface area contributed by atoms with Crippen LogP contribution in [0.5, 0.6) is 0 Å². The summed E-state index contributed by atoms with van der Waals surface area (Å²) in [6, 6.07) is 22.8. The van der Waals surface area contributed by atoms with Gasteiger partial charge in [-0.15, -0.1) is 0 Å². The summed E-state index contributed by atoms with van der Waals surface area (Å²) in [5.41, 5.74) is 3.64. The van der Waals surface area contributed by atoms with Crippen LogP contribution in [0.2, 0.25) is 0 Å². The summed E-state index contributed by atoms with van der Waals surface area (Å²) < 4.78 is 17.5. The van der Waals surface area contributed by atoms with Crippen LogP contribution < -0.4 is 5.32 Å². The van der Waals surface area contributed by atoms with E-state index in [2.05, 4.69) is 5.32 Å². The third-order valence-corrected chi connectivity index (χ3v) is 7.60. The molecule has 0 saturated carbocycles. The Morgan fingerprint density at radius 1 is 0.821 bits per heavy atom. The van der Waals surface area contributed by atoms with E-state index in [4.69, 9.17) is 19.3 Å². The summed E-state index contributed by atoms with van der Waals surface area (Å²) in [7, 11) is 0. The van der Waals surface area contributed by atoms with Crippen molar-refractivity contribution in [2.24, 2.45) is 11.8 Å². The van der Waals surface area contributed by atoms with Crippen LogP contribution in [0.15, 0.2) is 72.8 Å². The van der Waals surface area contributed by atoms with Crippen LogP contribution >= 0.6 is 0 Å². The summed E-state index contributed by atoms with van der Waals surface area (Å²) in [6.45, 7) is 3.12. The average molecular weight is 532 g/mol. The zero-order valence-electron chi connectivity index (χ0n) is 21.8. The van der Waals surface area contributed by atoms with Gasteiger partial charge < -0.3 is 29.7 Å². The van der Waals surface area contributed by atoms with Crippen LogP contribution in [0, 0.1) is 18.8 Å². The van der Waals surface area contributed by atoms with Gasteiger partial charge in [0.2, 0.25) is 5.91 Å². The third-order valence-electron chi connectivity index (χ3n) is 7.60. The molecule has 204 valence electrons. The van der Waals surface area contributed by atoms with E-state index >= 15 is 0 Å². The number of anilines is 1. The number of aryl methyl sites for hydroxylation is 1. The van der Waals surface area contributed by atoms with E-state index in [1.165, 1.54) is 0 Å². The van der Waals surface area contributed by atoms with Gasteiger partial charge in [-0.2, -0.15) is 0 Å². The Hall–Kier alpha value is -3.56. The lowest BCUT2D eigenvalue weighted by molar-refractivity contribution is -0.170. The maximum absolute atomic E-state index is 13.9. The Kier molecular flexibility index (Phi) is 8.09. The Bertz CT molecular complexity index is 1280. The largest absolute Gasteiger partial charge is 0.481 e. The van der Waals surface area contributed by atoms with Crippen molar-refractivity contribution in [2.45, 2.75) is 18.4 Å². The van der Waals surface area contributed by atoms with Crippen molar-refractivity contribution >= 4 is 17.6 Å². The Morgan fingerprint density at radius 3 is 1.97 bits per heavy atom. The first-order valence-electron chi connectivity index (χ1n) is 13.2. The molecular formula is C31H33NO7. The van der Waals surface area contributed by atoms with Crippen molar-refractivity contribution < 1.29 is 34.0 Å². The molecule has 0 saturated heterocycles. The number of benzene rings is 3. The molecule has 6 rings (SSSR count). The van der Waals surface area contributed by atoms with Gasteiger partial charge in [0.05, 0.1) is 45.6 Å². The van der Waals surface area contributed by atoms with Crippen LogP contribution in [0.3, 0.4) is 0 Å². The fraction of sp³-hybridized carbons (Fsp3) is 0.355. The lowest BCUT2D eigenvalue weighted by Crippen LogP contribution is -2.59. The number of carbonyl (C=O) groups is 2. The number of ether oxygens (including phenoxy) is 3. The van der Waals surface area contributed by atoms with Gasteiger partial charge in [-0.3, -0.25) is 9.59 Å². The molecule has 0 spiro atoms. The molecule has 3 aliphatic carbocycles. The lowest BCUT2D eigenvalue weighted by Gasteiger charge is -2.55. The fourth-order valence-corrected chi connectivity index (χ4v) is 6.08. The predicted molar refractivity (Wildman–Crippen MR) is 145 cm³/mol. The highest BCUT2D eigenvalue weighted by atomic mass is 16.6. The van der Waals surface area contributed by atoms with E-state index in [9.17, 15) is 14.7 Å². The molecule has 3 aliphatic rings. The van der Waals surface area contributed by atoms with Crippen LogP contribution in [0.25, 0.3) is 0 Å². The number of amides is 1. The fourth-order valence-electron chi connectivity index (χ4n) is 6.08. The molecule has 1 amide bonds. The van der Waals surface area contributed by atoms with Crippen molar-refractivity contribution in [3.05, 3.63) is 101 Å². The number of nitrogens with one attached hydrogen (secondary N) is 1. The van der Waals surface area contributed by atoms with E-state index in [0.29, 0.717) is 18.9 Å². The molecule has 2 unspecified atom stereocenters. The van der Waals surface area contributed by atoms with E-state index < -0.39 is 29.3 Å². The number of hydrogen-bond donors (Lipinski definition) is 3. The van der Waals surface area contributed by atoms with Gasteiger partial charge in [0.1, 0.15) is 11.5 Å². The van der Waals surface area contributed by atoms with Crippen molar-refractivity contribution in [3.8, 4) is 0 Å². The number of aliphatic hydroxyl groups excluding tert-OH is 1. The number of aliphatic hydroxyl groups is 1. The minimum Gasteiger partial charge on any atom is -0.481 e. The van der Waals surface area contributed by atoms with E-state index in [-0.39, 0.29) is 32.3 Å². The highest BCUT2D eigenvalue weighted by Crippen LogP contribution is 2.62. The van der Waals surface area contributed by atoms with Crippen LogP contribution in [-0.4, -0.2) is 61.7 Å². The third kappa shape index (κ3) is 4.96. The zero-order chi connectivity index (χ0) is 27.4. The van der Waals surface area contributed by atoms with Gasteiger partial charge in [-0.1, -0.05) is 66.2 Å². The second-order valence-corrected chi connectivity index (χ2v) is 9.88. The first kappa shape index (κ1) is 27.0. The Labute approximate surface area is 227 Å². The second-order valence-electron chi connectivity index (χ2n) is 9.88. The minimum absolute atomic E-state index is 0.0549. The standard InChI is InChI=1S/C31H33NO7/c1-20-10-12-21(13-11-20)32-29(34)27-26-22-6-2-4-8-24(22)31(28(27)30(35)36,25-9-5-3-7-23(25)26)39-19-18-38-17-16-37-15-14-33/h2-13,26-28,33H,14-19H2,1H3,(H,32,34)(H,35,36). The number of carboxylic acids is 1. The van der Waals surface area contributed by atoms with Crippen molar-refractivity contribution in [1.82, 2.24) is 0 Å². The van der Waals surface area contributed by atoms with Gasteiger partial charge in [0, 0.05) is 11.6 Å². The van der Waals surface area contributed by atoms with Gasteiger partial charge in [0.25, 0.3) is 0 Å². The summed E-state index contributed by atoms with van der Waals surface area (Å²) >= 11 is 0. The molecule has 0 aromatic heterocycles. The maximum Gasteiger partial charge on any atom is 0.311 e. The molecule has 39 heavy (non-hydrogen) atoms. The molecule has 3 aromatic carbocycles. The number of fused-ring (bicyclic) bond motifs is 1. The number of carboxylic acid groups (broad SMARTS) is 1. The molecule has 0 fully saturated rings. The number of rotatable bonds is 12. The Balaban J connectivity index is 1.52. The summed E-state index contributed by atoms with van der Waals surface area (Å²) in [4.78, 5) is 27.0. The SMILES string of the molecule is Cc1ccc(NC(=O)C2C3c4ccccc4C(OCCOCCOCCO)(c4ccccc43)C2C(=O)O)cc1. The molecule has 8 nitrogen and oxygen atoms in total. The van der Waals surface area contributed by atoms with E-state index in [1.807, 2.05) is 79.7 Å². The molecule has 0 aliphatic heterocycles. The van der Waals surface area contributed by atoms with Crippen molar-refractivity contribution in [2.75, 3.05) is 45.0 Å². The summed E-state index contributed by atoms with van der Waals surface area (Å²) in [5.74, 6) is -3.95. The topological polar surface area (TPSA) is 114 Å². The van der Waals surface area contributed by atoms with E-state index in [0.717, 1.165) is 27.8 Å². The molecule has 0 heterocycles. The lowest BCUT2D eigenvalue weighted by atomic mass is 9.51. The quantitative estimate of drug-likeness (QED) is 0.306. The molecule has 8 heteroatoms. The normalized spacial score (nSPS) is 22.7. The zero-order valence-corrected chi connectivity index (χ0v) is 21.8. The monoisotopic (exact) mass is 531 g/mol. The molecule has 3 N–H and O–H groups in total. The second kappa shape index (κ2) is 11.7. The highest BCUT2D eigenvalue weighted by Gasteiger charge is 2.64. The highest BCUT2D eigenvalue weighted by molar-refractivity contribution is 5.98. The molecule has 3 aromatic rings. The smallest absolute Gasteiger partial charge is 0.311 e. The Morgan fingerprint density at radius 2 is 1.38 bits per heavy atom. The van der Waals surface area contributed by atoms with Crippen LogP contribution in [0.1, 0.15) is 33.7 Å². The summed E-state index contributed by atoms with van der Waals surface area (Å²) in [6.07, 6.45) is 0. The first-order chi connectivity index (χ1) is 19.0. The number of aliphatic carboxylic acids is 1. The average Bonchev–Trinajstić information content (AvgIpc) is 2.95. The van der Waals surface area contributed by atoms with Gasteiger partial charge in [-0.05, 0) is 41.3 Å². The van der Waals surface area contributed by atoms with Crippen LogP contribution in [-0.2, 0) is 29.4 Å². The molecule has 2 atom stereocenters. The van der Waals surface area contributed by atoms with Crippen molar-refractivity contribution in [3.63, 3.8) is 0 Å². The summed E-state index contributed by atoms with van der Waals surface area (Å²) in [5, 5.41) is 22.5. The van der Waals surface area contributed by atoms with Gasteiger partial charge >= 0.3 is 5.97 Å². The maximum atomic E-state index is 13.9. The number of hydrogen-bond acceptors (Lipinski definition) is 6. The number of carbonyl (C=O) groups excluding carboxylic acids is 1. The van der Waals surface area contributed by atoms with E-state index in [1.54, 1.807) is 0 Å². The first-order valence-corrected chi connectivity index (χ1v) is 13.2. The molecule has 2 bridgehead atoms. The van der Waals surface area contributed by atoms with Gasteiger partial charge in [0.15, 0.2) is 0 Å². The predicted octanol–water partition coefficient (Wildman–Crippen LogP) is 3.70. The minimum atomic E-state index is -1.38. The van der Waals surface area contributed by atoms with Crippen LogP contribution in [0.4, 0.5) is 5.69 Å². The molecule has 0 radical (unpaired) electrons.